The predicted molar refractivity (Wildman–Crippen MR) is 71.8 cm³/mol. The van der Waals surface area contributed by atoms with Gasteiger partial charge >= 0.3 is 0 Å². The molecule has 0 aliphatic heterocycles. The van der Waals surface area contributed by atoms with Crippen molar-refractivity contribution in [2.45, 2.75) is 6.92 Å². The molecule has 0 spiro atoms. The summed E-state index contributed by atoms with van der Waals surface area (Å²) in [7, 11) is 0. The Morgan fingerprint density at radius 3 is 2.58 bits per heavy atom. The minimum Gasteiger partial charge on any atom is -0.492 e. The molecule has 0 unspecified atom stereocenters. The zero-order chi connectivity index (χ0) is 14.0. The first-order valence-electron chi connectivity index (χ1n) is 5.64. The maximum absolute atomic E-state index is 13.9. The maximum atomic E-state index is 13.9. The molecule has 0 fully saturated rings. The molecule has 7 heteroatoms. The summed E-state index contributed by atoms with van der Waals surface area (Å²) >= 11 is 0. The molecule has 100 valence electrons. The number of benzene rings is 1. The Balaban J connectivity index is 2.51. The molecule has 1 heterocycles. The van der Waals surface area contributed by atoms with Gasteiger partial charge in [0.05, 0.1) is 12.3 Å². The van der Waals surface area contributed by atoms with Crippen molar-refractivity contribution in [3.63, 3.8) is 0 Å². The van der Waals surface area contributed by atoms with Gasteiger partial charge in [0.15, 0.2) is 11.6 Å². The van der Waals surface area contributed by atoms with Crippen LogP contribution in [0.3, 0.4) is 0 Å². The standard InChI is InChI=1S/C12H14FN5O/c1-2-19-8-4-3-6(5-7(8)14)10-9(13)11(15)18-12(16)17-10/h3-5H,2,14H2,1H3,(H4,15,16,17,18). The first-order valence-corrected chi connectivity index (χ1v) is 5.64. The number of aromatic nitrogens is 2. The van der Waals surface area contributed by atoms with Crippen LogP contribution in [0.4, 0.5) is 21.8 Å². The van der Waals surface area contributed by atoms with E-state index in [-0.39, 0.29) is 17.5 Å². The lowest BCUT2D eigenvalue weighted by Gasteiger charge is -2.10. The molecule has 0 amide bonds. The van der Waals surface area contributed by atoms with Crippen molar-refractivity contribution in [1.82, 2.24) is 9.97 Å². The van der Waals surface area contributed by atoms with Gasteiger partial charge in [0.2, 0.25) is 5.95 Å². The number of rotatable bonds is 3. The smallest absolute Gasteiger partial charge is 0.222 e. The molecule has 19 heavy (non-hydrogen) atoms. The van der Waals surface area contributed by atoms with Crippen LogP contribution in [-0.2, 0) is 0 Å². The lowest BCUT2D eigenvalue weighted by Crippen LogP contribution is -2.05. The Morgan fingerprint density at radius 1 is 1.21 bits per heavy atom. The summed E-state index contributed by atoms with van der Waals surface area (Å²) in [6, 6.07) is 4.82. The number of nitrogens with two attached hydrogens (primary N) is 3. The van der Waals surface area contributed by atoms with Crippen molar-refractivity contribution >= 4 is 17.5 Å². The number of hydrogen-bond donors (Lipinski definition) is 3. The van der Waals surface area contributed by atoms with E-state index in [1.54, 1.807) is 18.2 Å². The molecule has 2 aromatic rings. The van der Waals surface area contributed by atoms with Crippen LogP contribution in [-0.4, -0.2) is 16.6 Å². The van der Waals surface area contributed by atoms with Gasteiger partial charge in [-0.1, -0.05) is 0 Å². The minimum atomic E-state index is -0.724. The second-order valence-electron chi connectivity index (χ2n) is 3.82. The number of hydrogen-bond acceptors (Lipinski definition) is 6. The Kier molecular flexibility index (Phi) is 3.37. The van der Waals surface area contributed by atoms with E-state index >= 15 is 0 Å². The van der Waals surface area contributed by atoms with E-state index in [1.807, 2.05) is 6.92 Å². The Labute approximate surface area is 109 Å². The first-order chi connectivity index (χ1) is 9.02. The molecule has 0 atom stereocenters. The third kappa shape index (κ3) is 2.49. The third-order valence-electron chi connectivity index (χ3n) is 2.48. The van der Waals surface area contributed by atoms with Crippen LogP contribution in [0.1, 0.15) is 6.92 Å². The van der Waals surface area contributed by atoms with E-state index in [0.29, 0.717) is 23.6 Å². The highest BCUT2D eigenvalue weighted by Crippen LogP contribution is 2.30. The van der Waals surface area contributed by atoms with Crippen LogP contribution in [0.15, 0.2) is 18.2 Å². The SMILES string of the molecule is CCOc1ccc(-c2nc(N)nc(N)c2F)cc1N. The first kappa shape index (κ1) is 12.9. The quantitative estimate of drug-likeness (QED) is 0.722. The lowest BCUT2D eigenvalue weighted by molar-refractivity contribution is 0.342. The summed E-state index contributed by atoms with van der Waals surface area (Å²) in [5, 5.41) is 0. The molecule has 6 nitrogen and oxygen atoms in total. The van der Waals surface area contributed by atoms with Gasteiger partial charge in [-0.05, 0) is 25.1 Å². The highest BCUT2D eigenvalue weighted by atomic mass is 19.1. The summed E-state index contributed by atoms with van der Waals surface area (Å²) < 4.78 is 19.2. The minimum absolute atomic E-state index is 0.0137. The van der Waals surface area contributed by atoms with Crippen LogP contribution in [0, 0.1) is 5.82 Å². The fraction of sp³-hybridized carbons (Fsp3) is 0.167. The molecule has 0 radical (unpaired) electrons. The zero-order valence-electron chi connectivity index (χ0n) is 10.4. The van der Waals surface area contributed by atoms with E-state index < -0.39 is 5.82 Å². The van der Waals surface area contributed by atoms with Crippen LogP contribution in [0.2, 0.25) is 0 Å². The van der Waals surface area contributed by atoms with Crippen molar-refractivity contribution in [1.29, 1.82) is 0 Å². The normalized spacial score (nSPS) is 10.4. The topological polar surface area (TPSA) is 113 Å². The largest absolute Gasteiger partial charge is 0.492 e. The molecule has 0 aliphatic rings. The molecule has 0 saturated heterocycles. The van der Waals surface area contributed by atoms with E-state index in [4.69, 9.17) is 21.9 Å². The summed E-state index contributed by atoms with van der Waals surface area (Å²) in [5.74, 6) is -0.587. The van der Waals surface area contributed by atoms with Gasteiger partial charge < -0.3 is 21.9 Å². The Hall–Kier alpha value is -2.57. The average Bonchev–Trinajstić information content (AvgIpc) is 2.36. The van der Waals surface area contributed by atoms with E-state index in [9.17, 15) is 4.39 Å². The number of halogens is 1. The average molecular weight is 263 g/mol. The van der Waals surface area contributed by atoms with Crippen molar-refractivity contribution in [2.75, 3.05) is 23.8 Å². The molecule has 1 aromatic carbocycles. The van der Waals surface area contributed by atoms with Crippen molar-refractivity contribution in [3.05, 3.63) is 24.0 Å². The number of nitrogens with zero attached hydrogens (tertiary/aromatic N) is 2. The molecular weight excluding hydrogens is 249 g/mol. The highest BCUT2D eigenvalue weighted by Gasteiger charge is 2.14. The molecule has 0 saturated carbocycles. The number of nitrogen functional groups attached to an aromatic ring is 3. The summed E-state index contributed by atoms with van der Waals surface area (Å²) in [6.45, 7) is 2.34. The molecule has 0 aliphatic carbocycles. The number of anilines is 3. The van der Waals surface area contributed by atoms with Gasteiger partial charge in [0.25, 0.3) is 0 Å². The molecular formula is C12H14FN5O. The fourth-order valence-electron chi connectivity index (χ4n) is 1.66. The zero-order valence-corrected chi connectivity index (χ0v) is 10.4. The van der Waals surface area contributed by atoms with Gasteiger partial charge in [0, 0.05) is 5.56 Å². The van der Waals surface area contributed by atoms with Crippen LogP contribution < -0.4 is 21.9 Å². The van der Waals surface area contributed by atoms with Gasteiger partial charge in [-0.2, -0.15) is 4.98 Å². The van der Waals surface area contributed by atoms with Crippen molar-refractivity contribution in [2.24, 2.45) is 0 Å². The van der Waals surface area contributed by atoms with Gasteiger partial charge in [0.1, 0.15) is 11.4 Å². The Morgan fingerprint density at radius 2 is 1.95 bits per heavy atom. The second kappa shape index (κ2) is 4.97. The van der Waals surface area contributed by atoms with Gasteiger partial charge in [-0.25, -0.2) is 9.37 Å². The van der Waals surface area contributed by atoms with Crippen molar-refractivity contribution in [3.8, 4) is 17.0 Å². The Bertz CT molecular complexity index is 617. The predicted octanol–water partition coefficient (Wildman–Crippen LogP) is 1.43. The monoisotopic (exact) mass is 263 g/mol. The number of ether oxygens (including phenoxy) is 1. The van der Waals surface area contributed by atoms with E-state index in [0.717, 1.165) is 0 Å². The molecule has 1 aromatic heterocycles. The molecule has 6 N–H and O–H groups in total. The van der Waals surface area contributed by atoms with E-state index in [1.165, 1.54) is 0 Å². The summed E-state index contributed by atoms with van der Waals surface area (Å²) in [6.07, 6.45) is 0. The third-order valence-corrected chi connectivity index (χ3v) is 2.48. The van der Waals surface area contributed by atoms with Crippen LogP contribution in [0.25, 0.3) is 11.3 Å². The lowest BCUT2D eigenvalue weighted by atomic mass is 10.1. The van der Waals surface area contributed by atoms with Gasteiger partial charge in [-0.15, -0.1) is 0 Å². The maximum Gasteiger partial charge on any atom is 0.222 e. The summed E-state index contributed by atoms with van der Waals surface area (Å²) in [5.41, 5.74) is 17.5. The fourth-order valence-corrected chi connectivity index (χ4v) is 1.66. The highest BCUT2D eigenvalue weighted by molar-refractivity contribution is 5.70. The molecule has 0 bridgehead atoms. The summed E-state index contributed by atoms with van der Waals surface area (Å²) in [4.78, 5) is 7.38. The van der Waals surface area contributed by atoms with Crippen molar-refractivity contribution < 1.29 is 9.13 Å². The molecule has 2 rings (SSSR count). The van der Waals surface area contributed by atoms with Gasteiger partial charge in [-0.3, -0.25) is 0 Å². The second-order valence-corrected chi connectivity index (χ2v) is 3.82. The van der Waals surface area contributed by atoms with E-state index in [2.05, 4.69) is 9.97 Å². The van der Waals surface area contributed by atoms with Crippen LogP contribution in [0.5, 0.6) is 5.75 Å². The van der Waals surface area contributed by atoms with Crippen LogP contribution >= 0.6 is 0 Å².